The van der Waals surface area contributed by atoms with Crippen molar-refractivity contribution in [1.82, 2.24) is 5.32 Å². The quantitative estimate of drug-likeness (QED) is 0.666. The van der Waals surface area contributed by atoms with Crippen molar-refractivity contribution in [3.63, 3.8) is 0 Å². The molecule has 3 aromatic rings. The third-order valence-corrected chi connectivity index (χ3v) is 4.21. The summed E-state index contributed by atoms with van der Waals surface area (Å²) in [6.45, 7) is 4.30. The summed E-state index contributed by atoms with van der Waals surface area (Å²) < 4.78 is 7.02. The summed E-state index contributed by atoms with van der Waals surface area (Å²) >= 11 is 3.52. The van der Waals surface area contributed by atoms with Crippen LogP contribution in [0.25, 0.3) is 11.0 Å². The smallest absolute Gasteiger partial charge is 0.134 e. The fourth-order valence-corrected chi connectivity index (χ4v) is 2.96. The summed E-state index contributed by atoms with van der Waals surface area (Å²) in [4.78, 5) is 0. The zero-order valence-electron chi connectivity index (χ0n) is 12.1. The molecule has 3 rings (SSSR count). The molecule has 0 saturated heterocycles. The van der Waals surface area contributed by atoms with Crippen LogP contribution in [-0.4, -0.2) is 0 Å². The first-order valence-electron chi connectivity index (χ1n) is 7.13. The molecule has 0 bridgehead atoms. The lowest BCUT2D eigenvalue weighted by atomic mass is 10.1. The zero-order chi connectivity index (χ0) is 14.8. The van der Waals surface area contributed by atoms with Crippen LogP contribution in [0.15, 0.2) is 63.5 Å². The first kappa shape index (κ1) is 14.4. The third-order valence-electron chi connectivity index (χ3n) is 3.72. The maximum Gasteiger partial charge on any atom is 0.134 e. The highest BCUT2D eigenvalue weighted by molar-refractivity contribution is 9.10. The topological polar surface area (TPSA) is 25.2 Å². The molecule has 21 heavy (non-hydrogen) atoms. The maximum absolute atomic E-state index is 5.92. The van der Waals surface area contributed by atoms with Gasteiger partial charge < -0.3 is 9.73 Å². The van der Waals surface area contributed by atoms with Gasteiger partial charge in [-0.3, -0.25) is 0 Å². The summed E-state index contributed by atoms with van der Waals surface area (Å²) in [5.41, 5.74) is 2.20. The molecule has 2 unspecified atom stereocenters. The van der Waals surface area contributed by atoms with Crippen molar-refractivity contribution < 1.29 is 4.42 Å². The van der Waals surface area contributed by atoms with Crippen LogP contribution in [0.1, 0.15) is 37.3 Å². The molecule has 0 fully saturated rings. The van der Waals surface area contributed by atoms with Crippen molar-refractivity contribution >= 4 is 26.9 Å². The molecular weight excluding hydrogens is 326 g/mol. The predicted octanol–water partition coefficient (Wildman–Crippen LogP) is 5.61. The normalized spacial score (nSPS) is 14.2. The summed E-state index contributed by atoms with van der Waals surface area (Å²) in [5.74, 6) is 0.970. The molecule has 0 aliphatic heterocycles. The molecule has 0 radical (unpaired) electrons. The number of rotatable bonds is 4. The van der Waals surface area contributed by atoms with E-state index in [4.69, 9.17) is 4.42 Å². The monoisotopic (exact) mass is 343 g/mol. The first-order valence-corrected chi connectivity index (χ1v) is 7.93. The van der Waals surface area contributed by atoms with E-state index < -0.39 is 0 Å². The summed E-state index contributed by atoms with van der Waals surface area (Å²) in [6, 6.07) is 19.0. The molecule has 0 amide bonds. The highest BCUT2D eigenvalue weighted by Crippen LogP contribution is 2.26. The lowest BCUT2D eigenvalue weighted by Gasteiger charge is -2.19. The van der Waals surface area contributed by atoms with Crippen LogP contribution in [-0.2, 0) is 0 Å². The minimum absolute atomic E-state index is 0.159. The van der Waals surface area contributed by atoms with E-state index in [2.05, 4.69) is 65.4 Å². The number of hydrogen-bond acceptors (Lipinski definition) is 2. The van der Waals surface area contributed by atoms with E-state index in [0.717, 1.165) is 21.2 Å². The molecule has 1 heterocycles. The van der Waals surface area contributed by atoms with Gasteiger partial charge in [-0.2, -0.15) is 0 Å². The van der Waals surface area contributed by atoms with E-state index in [9.17, 15) is 0 Å². The molecule has 0 saturated carbocycles. The largest absolute Gasteiger partial charge is 0.459 e. The molecule has 0 spiro atoms. The minimum Gasteiger partial charge on any atom is -0.459 e. The van der Waals surface area contributed by atoms with Gasteiger partial charge in [-0.25, -0.2) is 0 Å². The Morgan fingerprint density at radius 2 is 1.76 bits per heavy atom. The van der Waals surface area contributed by atoms with Crippen molar-refractivity contribution in [3.05, 3.63) is 70.4 Å². The Morgan fingerprint density at radius 3 is 2.52 bits per heavy atom. The van der Waals surface area contributed by atoms with Crippen molar-refractivity contribution in [2.45, 2.75) is 25.9 Å². The number of fused-ring (bicyclic) bond motifs is 1. The van der Waals surface area contributed by atoms with Gasteiger partial charge in [0, 0.05) is 15.9 Å². The molecule has 2 nitrogen and oxygen atoms in total. The summed E-state index contributed by atoms with van der Waals surface area (Å²) in [5, 5.41) is 4.74. The van der Waals surface area contributed by atoms with Gasteiger partial charge in [-0.15, -0.1) is 0 Å². The van der Waals surface area contributed by atoms with Gasteiger partial charge in [0.05, 0.1) is 6.04 Å². The number of halogens is 1. The number of furan rings is 1. The van der Waals surface area contributed by atoms with Crippen LogP contribution < -0.4 is 5.32 Å². The van der Waals surface area contributed by atoms with Crippen molar-refractivity contribution in [2.24, 2.45) is 0 Å². The molecule has 1 N–H and O–H groups in total. The lowest BCUT2D eigenvalue weighted by Crippen LogP contribution is -2.22. The van der Waals surface area contributed by atoms with Crippen LogP contribution in [0.2, 0.25) is 0 Å². The van der Waals surface area contributed by atoms with Gasteiger partial charge in [0.25, 0.3) is 0 Å². The summed E-state index contributed by atoms with van der Waals surface area (Å²) in [6.07, 6.45) is 0. The van der Waals surface area contributed by atoms with Gasteiger partial charge in [-0.05, 0) is 43.7 Å². The highest BCUT2D eigenvalue weighted by Gasteiger charge is 2.15. The number of nitrogens with one attached hydrogen (secondary N) is 1. The average molecular weight is 344 g/mol. The van der Waals surface area contributed by atoms with Gasteiger partial charge in [0.1, 0.15) is 11.3 Å². The molecule has 2 atom stereocenters. The third kappa shape index (κ3) is 3.20. The molecular formula is C18H18BrNO. The lowest BCUT2D eigenvalue weighted by molar-refractivity contribution is 0.417. The Labute approximate surface area is 133 Å². The van der Waals surface area contributed by atoms with Crippen molar-refractivity contribution in [3.8, 4) is 0 Å². The Kier molecular flexibility index (Phi) is 4.13. The van der Waals surface area contributed by atoms with Crippen LogP contribution in [0.5, 0.6) is 0 Å². The van der Waals surface area contributed by atoms with Gasteiger partial charge in [-0.1, -0.05) is 46.3 Å². The molecule has 0 aliphatic carbocycles. The van der Waals surface area contributed by atoms with E-state index in [1.165, 1.54) is 5.56 Å². The SMILES string of the molecule is CC(NC(C)c1cc2ccccc2o1)c1cccc(Br)c1. The van der Waals surface area contributed by atoms with E-state index >= 15 is 0 Å². The highest BCUT2D eigenvalue weighted by atomic mass is 79.9. The van der Waals surface area contributed by atoms with Crippen LogP contribution in [0, 0.1) is 0 Å². The van der Waals surface area contributed by atoms with E-state index in [1.807, 2.05) is 24.3 Å². The van der Waals surface area contributed by atoms with Gasteiger partial charge in [0.2, 0.25) is 0 Å². The van der Waals surface area contributed by atoms with Crippen molar-refractivity contribution in [1.29, 1.82) is 0 Å². The number of para-hydroxylation sites is 1. The number of hydrogen-bond donors (Lipinski definition) is 1. The Morgan fingerprint density at radius 1 is 0.952 bits per heavy atom. The summed E-state index contributed by atoms with van der Waals surface area (Å²) in [7, 11) is 0. The molecule has 2 aromatic carbocycles. The second kappa shape index (κ2) is 6.04. The second-order valence-corrected chi connectivity index (χ2v) is 6.27. The molecule has 3 heteroatoms. The van der Waals surface area contributed by atoms with Crippen LogP contribution >= 0.6 is 15.9 Å². The minimum atomic E-state index is 0.159. The first-order chi connectivity index (χ1) is 10.1. The molecule has 108 valence electrons. The maximum atomic E-state index is 5.92. The average Bonchev–Trinajstić information content (AvgIpc) is 2.91. The van der Waals surface area contributed by atoms with Gasteiger partial charge in [0.15, 0.2) is 0 Å². The standard InChI is InChI=1S/C18H18BrNO/c1-12(14-7-5-8-16(19)10-14)20-13(2)18-11-15-6-3-4-9-17(15)21-18/h3-13,20H,1-2H3. The molecule has 0 aliphatic rings. The van der Waals surface area contributed by atoms with Gasteiger partial charge >= 0.3 is 0 Å². The fourth-order valence-electron chi connectivity index (χ4n) is 2.55. The zero-order valence-corrected chi connectivity index (χ0v) is 13.7. The van der Waals surface area contributed by atoms with E-state index in [0.29, 0.717) is 0 Å². The van der Waals surface area contributed by atoms with Crippen LogP contribution in [0.3, 0.4) is 0 Å². The predicted molar refractivity (Wildman–Crippen MR) is 90.3 cm³/mol. The second-order valence-electron chi connectivity index (χ2n) is 5.35. The van der Waals surface area contributed by atoms with E-state index in [1.54, 1.807) is 0 Å². The Bertz CT molecular complexity index is 717. The Balaban J connectivity index is 1.77. The fraction of sp³-hybridized carbons (Fsp3) is 0.222. The van der Waals surface area contributed by atoms with Crippen molar-refractivity contribution in [2.75, 3.05) is 0 Å². The van der Waals surface area contributed by atoms with Crippen LogP contribution in [0.4, 0.5) is 0 Å². The number of benzene rings is 2. The molecule has 1 aromatic heterocycles. The van der Waals surface area contributed by atoms with E-state index in [-0.39, 0.29) is 12.1 Å². The Hall–Kier alpha value is -1.58.